The highest BCUT2D eigenvalue weighted by Crippen LogP contribution is 2.26. The first-order valence-corrected chi connectivity index (χ1v) is 7.77. The van der Waals surface area contributed by atoms with Gasteiger partial charge in [-0.15, -0.1) is 0 Å². The van der Waals surface area contributed by atoms with Gasteiger partial charge in [-0.05, 0) is 74.8 Å². The van der Waals surface area contributed by atoms with Gasteiger partial charge in [0.1, 0.15) is 0 Å². The molecule has 0 unspecified atom stereocenters. The lowest BCUT2D eigenvalue weighted by atomic mass is 10.2. The molecule has 0 bridgehead atoms. The standard InChI is InChI=1S/C14H12BrIN2O2/c1-9-2-4-11(7-13(9)16)17-8-10-3-5-12(15)14(6-10)18(19)20/h2-7,17H,8H2,1H3. The fourth-order valence-electron chi connectivity index (χ4n) is 1.72. The molecule has 0 radical (unpaired) electrons. The molecule has 0 aliphatic heterocycles. The minimum Gasteiger partial charge on any atom is -0.381 e. The zero-order chi connectivity index (χ0) is 14.7. The zero-order valence-electron chi connectivity index (χ0n) is 10.7. The molecule has 0 saturated heterocycles. The highest BCUT2D eigenvalue weighted by atomic mass is 127. The Hall–Kier alpha value is -1.15. The largest absolute Gasteiger partial charge is 0.381 e. The van der Waals surface area contributed by atoms with E-state index < -0.39 is 0 Å². The number of halogens is 2. The third-order valence-corrected chi connectivity index (χ3v) is 4.71. The van der Waals surface area contributed by atoms with Gasteiger partial charge in [0.15, 0.2) is 0 Å². The van der Waals surface area contributed by atoms with Crippen molar-refractivity contribution < 1.29 is 4.92 Å². The van der Waals surface area contributed by atoms with Gasteiger partial charge in [-0.1, -0.05) is 12.1 Å². The summed E-state index contributed by atoms with van der Waals surface area (Å²) in [5.41, 5.74) is 3.19. The summed E-state index contributed by atoms with van der Waals surface area (Å²) in [6, 6.07) is 11.3. The Labute approximate surface area is 139 Å². The molecule has 0 spiro atoms. The molecule has 2 aromatic rings. The van der Waals surface area contributed by atoms with E-state index in [-0.39, 0.29) is 10.6 Å². The summed E-state index contributed by atoms with van der Waals surface area (Å²) in [5, 5.41) is 14.2. The van der Waals surface area contributed by atoms with Crippen LogP contribution in [0.25, 0.3) is 0 Å². The van der Waals surface area contributed by atoms with Gasteiger partial charge in [-0.3, -0.25) is 10.1 Å². The van der Waals surface area contributed by atoms with Gasteiger partial charge in [0.05, 0.1) is 9.40 Å². The van der Waals surface area contributed by atoms with Crippen molar-refractivity contribution in [1.29, 1.82) is 0 Å². The van der Waals surface area contributed by atoms with E-state index in [9.17, 15) is 10.1 Å². The molecule has 0 atom stereocenters. The predicted molar refractivity (Wildman–Crippen MR) is 92.0 cm³/mol. The van der Waals surface area contributed by atoms with Crippen molar-refractivity contribution in [2.45, 2.75) is 13.5 Å². The fraction of sp³-hybridized carbons (Fsp3) is 0.143. The van der Waals surface area contributed by atoms with Crippen molar-refractivity contribution in [3.63, 3.8) is 0 Å². The number of nitro benzene ring substituents is 1. The Kier molecular flexibility index (Phi) is 4.98. The summed E-state index contributed by atoms with van der Waals surface area (Å²) < 4.78 is 1.69. The number of anilines is 1. The van der Waals surface area contributed by atoms with Crippen LogP contribution in [0.2, 0.25) is 0 Å². The molecule has 1 N–H and O–H groups in total. The number of hydrogen-bond donors (Lipinski definition) is 1. The topological polar surface area (TPSA) is 55.2 Å². The van der Waals surface area contributed by atoms with E-state index in [1.54, 1.807) is 12.1 Å². The van der Waals surface area contributed by atoms with Crippen molar-refractivity contribution in [1.82, 2.24) is 0 Å². The third kappa shape index (κ3) is 3.69. The third-order valence-electron chi connectivity index (χ3n) is 2.88. The summed E-state index contributed by atoms with van der Waals surface area (Å²) in [6.07, 6.45) is 0. The van der Waals surface area contributed by atoms with E-state index in [4.69, 9.17) is 0 Å². The van der Waals surface area contributed by atoms with Gasteiger partial charge in [0.2, 0.25) is 0 Å². The van der Waals surface area contributed by atoms with Gasteiger partial charge in [-0.25, -0.2) is 0 Å². The zero-order valence-corrected chi connectivity index (χ0v) is 14.4. The van der Waals surface area contributed by atoms with Crippen molar-refractivity contribution in [2.24, 2.45) is 0 Å². The van der Waals surface area contributed by atoms with Crippen LogP contribution in [0.3, 0.4) is 0 Å². The number of rotatable bonds is 4. The lowest BCUT2D eigenvalue weighted by Gasteiger charge is -2.08. The van der Waals surface area contributed by atoms with E-state index >= 15 is 0 Å². The Morgan fingerprint density at radius 2 is 2.05 bits per heavy atom. The van der Waals surface area contributed by atoms with Crippen LogP contribution in [0, 0.1) is 20.6 Å². The highest BCUT2D eigenvalue weighted by molar-refractivity contribution is 14.1. The molecule has 104 valence electrons. The Morgan fingerprint density at radius 3 is 2.70 bits per heavy atom. The van der Waals surface area contributed by atoms with Crippen molar-refractivity contribution in [2.75, 3.05) is 5.32 Å². The fourth-order valence-corrected chi connectivity index (χ4v) is 2.62. The number of aryl methyl sites for hydroxylation is 1. The van der Waals surface area contributed by atoms with Crippen molar-refractivity contribution >= 4 is 49.9 Å². The first-order valence-electron chi connectivity index (χ1n) is 5.90. The van der Waals surface area contributed by atoms with Crippen LogP contribution in [-0.4, -0.2) is 4.92 Å². The summed E-state index contributed by atoms with van der Waals surface area (Å²) in [6.45, 7) is 2.61. The average molecular weight is 447 g/mol. The normalized spacial score (nSPS) is 10.3. The molecule has 2 rings (SSSR count). The molecule has 0 saturated carbocycles. The summed E-state index contributed by atoms with van der Waals surface area (Å²) in [5.74, 6) is 0. The molecule has 6 heteroatoms. The van der Waals surface area contributed by atoms with E-state index in [0.29, 0.717) is 11.0 Å². The second-order valence-corrected chi connectivity index (χ2v) is 6.38. The SMILES string of the molecule is Cc1ccc(NCc2ccc(Br)c([N+](=O)[O-])c2)cc1I. The predicted octanol–water partition coefficient (Wildman–Crippen LogP) is 4.88. The maximum atomic E-state index is 10.9. The monoisotopic (exact) mass is 446 g/mol. The van der Waals surface area contributed by atoms with E-state index in [1.165, 1.54) is 9.13 Å². The van der Waals surface area contributed by atoms with Crippen LogP contribution in [0.1, 0.15) is 11.1 Å². The number of nitrogens with zero attached hydrogens (tertiary/aromatic N) is 1. The number of hydrogen-bond acceptors (Lipinski definition) is 3. The van der Waals surface area contributed by atoms with Crippen LogP contribution in [-0.2, 0) is 6.54 Å². The van der Waals surface area contributed by atoms with Crippen LogP contribution < -0.4 is 5.32 Å². The minimum atomic E-state index is -0.387. The molecule has 20 heavy (non-hydrogen) atoms. The number of nitrogens with one attached hydrogen (secondary N) is 1. The van der Waals surface area contributed by atoms with E-state index in [1.807, 2.05) is 18.2 Å². The molecule has 0 aliphatic rings. The minimum absolute atomic E-state index is 0.0859. The molecular weight excluding hydrogens is 435 g/mol. The second kappa shape index (κ2) is 6.53. The van der Waals surface area contributed by atoms with Gasteiger partial charge in [0.25, 0.3) is 5.69 Å². The Morgan fingerprint density at radius 1 is 1.30 bits per heavy atom. The van der Waals surface area contributed by atoms with Gasteiger partial charge in [0, 0.05) is 21.9 Å². The molecule has 0 amide bonds. The maximum Gasteiger partial charge on any atom is 0.283 e. The van der Waals surface area contributed by atoms with E-state index in [2.05, 4.69) is 56.8 Å². The van der Waals surface area contributed by atoms with Gasteiger partial charge in [-0.2, -0.15) is 0 Å². The Bertz CT molecular complexity index is 662. The lowest BCUT2D eigenvalue weighted by molar-refractivity contribution is -0.385. The molecule has 0 aromatic heterocycles. The smallest absolute Gasteiger partial charge is 0.283 e. The first-order chi connectivity index (χ1) is 9.47. The molecule has 2 aromatic carbocycles. The lowest BCUT2D eigenvalue weighted by Crippen LogP contribution is -2.01. The molecule has 0 heterocycles. The quantitative estimate of drug-likeness (QED) is 0.413. The summed E-state index contributed by atoms with van der Waals surface area (Å²) >= 11 is 5.47. The Balaban J connectivity index is 2.12. The van der Waals surface area contributed by atoms with Crippen LogP contribution in [0.4, 0.5) is 11.4 Å². The molecule has 0 fully saturated rings. The maximum absolute atomic E-state index is 10.9. The average Bonchev–Trinajstić information content (AvgIpc) is 2.41. The first kappa shape index (κ1) is 15.2. The highest BCUT2D eigenvalue weighted by Gasteiger charge is 2.12. The molecule has 0 aliphatic carbocycles. The molecular formula is C14H12BrIN2O2. The van der Waals surface area contributed by atoms with Gasteiger partial charge >= 0.3 is 0 Å². The number of benzene rings is 2. The van der Waals surface area contributed by atoms with Crippen molar-refractivity contribution in [3.8, 4) is 0 Å². The second-order valence-electron chi connectivity index (χ2n) is 4.36. The summed E-state index contributed by atoms with van der Waals surface area (Å²) in [7, 11) is 0. The number of nitro groups is 1. The molecule has 4 nitrogen and oxygen atoms in total. The van der Waals surface area contributed by atoms with Crippen molar-refractivity contribution in [3.05, 3.63) is 65.7 Å². The van der Waals surface area contributed by atoms with Crippen LogP contribution >= 0.6 is 38.5 Å². The van der Waals surface area contributed by atoms with Crippen LogP contribution in [0.5, 0.6) is 0 Å². The van der Waals surface area contributed by atoms with Crippen LogP contribution in [0.15, 0.2) is 40.9 Å². The van der Waals surface area contributed by atoms with Gasteiger partial charge < -0.3 is 5.32 Å². The summed E-state index contributed by atoms with van der Waals surface area (Å²) in [4.78, 5) is 10.5. The van der Waals surface area contributed by atoms with E-state index in [0.717, 1.165) is 11.3 Å².